The van der Waals surface area contributed by atoms with Gasteiger partial charge < -0.3 is 15.4 Å². The Morgan fingerprint density at radius 3 is 2.42 bits per heavy atom. The molecule has 0 radical (unpaired) electrons. The number of nitrogens with one attached hydrogen (secondary N) is 2. The van der Waals surface area contributed by atoms with Crippen molar-refractivity contribution >= 4 is 34.7 Å². The molecule has 132 valence electrons. The van der Waals surface area contributed by atoms with Crippen molar-refractivity contribution in [3.8, 4) is 5.75 Å². The van der Waals surface area contributed by atoms with E-state index >= 15 is 0 Å². The van der Waals surface area contributed by atoms with E-state index in [1.54, 1.807) is 42.5 Å². The first-order valence-electron chi connectivity index (χ1n) is 7.69. The van der Waals surface area contributed by atoms with E-state index in [0.29, 0.717) is 33.5 Å². The van der Waals surface area contributed by atoms with Crippen LogP contribution < -0.4 is 15.4 Å². The number of methoxy groups -OCH3 is 1. The third-order valence-corrected chi connectivity index (χ3v) is 3.85. The van der Waals surface area contributed by atoms with Gasteiger partial charge in [0.05, 0.1) is 17.7 Å². The molecule has 0 aliphatic carbocycles. The van der Waals surface area contributed by atoms with Crippen molar-refractivity contribution < 1.29 is 13.9 Å². The summed E-state index contributed by atoms with van der Waals surface area (Å²) in [6.07, 6.45) is 1.45. The minimum absolute atomic E-state index is 0.311. The second-order valence-electron chi connectivity index (χ2n) is 5.37. The monoisotopic (exact) mass is 371 g/mol. The molecule has 1 heterocycles. The van der Waals surface area contributed by atoms with Gasteiger partial charge in [-0.1, -0.05) is 11.6 Å². The van der Waals surface area contributed by atoms with E-state index < -0.39 is 0 Å². The molecule has 2 N–H and O–H groups in total. The Hall–Kier alpha value is -3.12. The van der Waals surface area contributed by atoms with E-state index in [1.165, 1.54) is 25.4 Å². The number of rotatable bonds is 5. The van der Waals surface area contributed by atoms with Crippen LogP contribution in [-0.2, 0) is 0 Å². The lowest BCUT2D eigenvalue weighted by molar-refractivity contribution is 0.102. The van der Waals surface area contributed by atoms with Crippen molar-refractivity contribution in [2.24, 2.45) is 0 Å². The minimum Gasteiger partial charge on any atom is -0.495 e. The lowest BCUT2D eigenvalue weighted by Gasteiger charge is -2.09. The molecule has 0 saturated carbocycles. The Morgan fingerprint density at radius 2 is 1.81 bits per heavy atom. The lowest BCUT2D eigenvalue weighted by atomic mass is 10.2. The number of hydrogen-bond acceptors (Lipinski definition) is 4. The van der Waals surface area contributed by atoms with Crippen molar-refractivity contribution in [2.75, 3.05) is 17.7 Å². The lowest BCUT2D eigenvalue weighted by Crippen LogP contribution is -2.12. The molecule has 1 aromatic heterocycles. The molecule has 5 nitrogen and oxygen atoms in total. The van der Waals surface area contributed by atoms with Gasteiger partial charge in [0.2, 0.25) is 0 Å². The molecule has 0 spiro atoms. The van der Waals surface area contributed by atoms with Gasteiger partial charge in [0.25, 0.3) is 5.91 Å². The Labute approximate surface area is 154 Å². The molecule has 26 heavy (non-hydrogen) atoms. The van der Waals surface area contributed by atoms with Crippen molar-refractivity contribution in [1.29, 1.82) is 0 Å². The molecule has 0 bridgehead atoms. The highest BCUT2D eigenvalue weighted by atomic mass is 35.5. The predicted octanol–water partition coefficient (Wildman–Crippen LogP) is 4.88. The van der Waals surface area contributed by atoms with Crippen LogP contribution in [0.5, 0.6) is 5.75 Å². The standard InChI is InChI=1S/C19H15ClFN3O2/c1-26-17-8-7-15(10-16(17)20)24-19(25)12-2-9-18(22-11-12)23-14-5-3-13(21)4-6-14/h2-11H,1H3,(H,22,23)(H,24,25). The molecule has 0 aliphatic rings. The molecule has 0 saturated heterocycles. The zero-order chi connectivity index (χ0) is 18.5. The number of pyridine rings is 1. The topological polar surface area (TPSA) is 63.2 Å². The summed E-state index contributed by atoms with van der Waals surface area (Å²) in [5.41, 5.74) is 1.64. The van der Waals surface area contributed by atoms with Crippen molar-refractivity contribution in [3.63, 3.8) is 0 Å². The SMILES string of the molecule is COc1ccc(NC(=O)c2ccc(Nc3ccc(F)cc3)nc2)cc1Cl. The minimum atomic E-state index is -0.313. The first kappa shape index (κ1) is 17.7. The maximum atomic E-state index is 12.9. The summed E-state index contributed by atoms with van der Waals surface area (Å²) >= 11 is 6.05. The number of aromatic nitrogens is 1. The van der Waals surface area contributed by atoms with Gasteiger partial charge in [0.15, 0.2) is 0 Å². The predicted molar refractivity (Wildman–Crippen MR) is 99.9 cm³/mol. The number of nitrogens with zero attached hydrogens (tertiary/aromatic N) is 1. The molecule has 0 unspecified atom stereocenters. The van der Waals surface area contributed by atoms with Crippen molar-refractivity contribution in [3.05, 3.63) is 77.2 Å². The largest absolute Gasteiger partial charge is 0.495 e. The molecule has 7 heteroatoms. The Kier molecular flexibility index (Phi) is 5.34. The summed E-state index contributed by atoms with van der Waals surface area (Å²) in [4.78, 5) is 16.5. The van der Waals surface area contributed by atoms with Gasteiger partial charge in [-0.2, -0.15) is 0 Å². The van der Waals surface area contributed by atoms with Crippen molar-refractivity contribution in [2.45, 2.75) is 0 Å². The number of carbonyl (C=O) groups is 1. The highest BCUT2D eigenvalue weighted by Gasteiger charge is 2.09. The first-order valence-corrected chi connectivity index (χ1v) is 8.06. The highest BCUT2D eigenvalue weighted by Crippen LogP contribution is 2.27. The quantitative estimate of drug-likeness (QED) is 0.671. The molecular weight excluding hydrogens is 357 g/mol. The summed E-state index contributed by atoms with van der Waals surface area (Å²) in [7, 11) is 1.52. The Balaban J connectivity index is 1.66. The summed E-state index contributed by atoms with van der Waals surface area (Å²) in [5, 5.41) is 6.18. The fourth-order valence-electron chi connectivity index (χ4n) is 2.23. The summed E-state index contributed by atoms with van der Waals surface area (Å²) in [6, 6.07) is 14.2. The van der Waals surface area contributed by atoms with Gasteiger partial charge in [-0.3, -0.25) is 4.79 Å². The number of benzene rings is 2. The average molecular weight is 372 g/mol. The smallest absolute Gasteiger partial charge is 0.257 e. The normalized spacial score (nSPS) is 10.3. The van der Waals surface area contributed by atoms with Crippen molar-refractivity contribution in [1.82, 2.24) is 4.98 Å². The van der Waals surface area contributed by atoms with E-state index in [2.05, 4.69) is 15.6 Å². The summed E-state index contributed by atoms with van der Waals surface area (Å²) < 4.78 is 18.0. The van der Waals surface area contributed by atoms with Gasteiger partial charge in [-0.05, 0) is 54.6 Å². The van der Waals surface area contributed by atoms with Gasteiger partial charge in [0, 0.05) is 17.6 Å². The van der Waals surface area contributed by atoms with Gasteiger partial charge in [-0.15, -0.1) is 0 Å². The number of carbonyl (C=O) groups excluding carboxylic acids is 1. The maximum absolute atomic E-state index is 12.9. The second-order valence-corrected chi connectivity index (χ2v) is 5.77. The summed E-state index contributed by atoms with van der Waals surface area (Å²) in [6.45, 7) is 0. The fraction of sp³-hybridized carbons (Fsp3) is 0.0526. The molecule has 0 fully saturated rings. The van der Waals surface area contributed by atoms with Crippen LogP contribution in [0.25, 0.3) is 0 Å². The molecule has 0 aliphatic heterocycles. The van der Waals surface area contributed by atoms with Gasteiger partial charge >= 0.3 is 0 Å². The van der Waals surface area contributed by atoms with Gasteiger partial charge in [-0.25, -0.2) is 9.37 Å². The van der Waals surface area contributed by atoms with E-state index in [1.807, 2.05) is 0 Å². The molecule has 2 aromatic carbocycles. The van der Waals surface area contributed by atoms with E-state index in [9.17, 15) is 9.18 Å². The van der Waals surface area contributed by atoms with Crippen LogP contribution in [0.4, 0.5) is 21.6 Å². The Bertz CT molecular complexity index is 915. The Morgan fingerprint density at radius 1 is 1.08 bits per heavy atom. The third kappa shape index (κ3) is 4.29. The highest BCUT2D eigenvalue weighted by molar-refractivity contribution is 6.32. The van der Waals surface area contributed by atoms with Crippen LogP contribution in [0.2, 0.25) is 5.02 Å². The van der Waals surface area contributed by atoms with Crippen LogP contribution in [-0.4, -0.2) is 18.0 Å². The first-order chi connectivity index (χ1) is 12.5. The molecular formula is C19H15ClFN3O2. The van der Waals surface area contributed by atoms with E-state index in [0.717, 1.165) is 0 Å². The van der Waals surface area contributed by atoms with Crippen LogP contribution in [0, 0.1) is 5.82 Å². The third-order valence-electron chi connectivity index (χ3n) is 3.55. The average Bonchev–Trinajstić information content (AvgIpc) is 2.64. The number of halogens is 2. The molecule has 3 rings (SSSR count). The van der Waals surface area contributed by atoms with Crippen LogP contribution in [0.15, 0.2) is 60.8 Å². The number of hydrogen-bond donors (Lipinski definition) is 2. The number of amides is 1. The molecule has 3 aromatic rings. The zero-order valence-electron chi connectivity index (χ0n) is 13.8. The van der Waals surface area contributed by atoms with Crippen LogP contribution in [0.1, 0.15) is 10.4 Å². The van der Waals surface area contributed by atoms with Crippen LogP contribution >= 0.6 is 11.6 Å². The van der Waals surface area contributed by atoms with E-state index in [4.69, 9.17) is 16.3 Å². The van der Waals surface area contributed by atoms with E-state index in [-0.39, 0.29) is 11.7 Å². The maximum Gasteiger partial charge on any atom is 0.257 e. The molecule has 1 amide bonds. The second kappa shape index (κ2) is 7.84. The molecule has 0 atom stereocenters. The van der Waals surface area contributed by atoms with Gasteiger partial charge in [0.1, 0.15) is 17.4 Å². The number of ether oxygens (including phenoxy) is 1. The number of anilines is 3. The zero-order valence-corrected chi connectivity index (χ0v) is 14.5. The van der Waals surface area contributed by atoms with Crippen LogP contribution in [0.3, 0.4) is 0 Å². The summed E-state index contributed by atoms with van der Waals surface area (Å²) in [5.74, 6) is 0.449. The fourth-order valence-corrected chi connectivity index (χ4v) is 2.49.